The van der Waals surface area contributed by atoms with Gasteiger partial charge in [-0.3, -0.25) is 4.79 Å². The number of aliphatic carboxylic acids is 1. The van der Waals surface area contributed by atoms with E-state index in [0.29, 0.717) is 37.1 Å². The first kappa shape index (κ1) is 26.6. The van der Waals surface area contributed by atoms with E-state index in [1.54, 1.807) is 6.07 Å². The Bertz CT molecular complexity index is 976. The normalized spacial score (nSPS) is 13.2. The fourth-order valence-corrected chi connectivity index (χ4v) is 5.70. The van der Waals surface area contributed by atoms with Crippen LogP contribution in [0.15, 0.2) is 41.3 Å². The molecule has 2 aromatic rings. The van der Waals surface area contributed by atoms with Gasteiger partial charge in [0.05, 0.1) is 10.9 Å². The van der Waals surface area contributed by atoms with E-state index in [2.05, 4.69) is 4.72 Å². The minimum atomic E-state index is -4.20. The van der Waals surface area contributed by atoms with Crippen LogP contribution in [-0.4, -0.2) is 25.7 Å². The molecular formula is C21H25ClF3NO4S2. The van der Waals surface area contributed by atoms with Crippen molar-refractivity contribution in [2.75, 3.05) is 0 Å². The van der Waals surface area contributed by atoms with Crippen LogP contribution >= 0.6 is 22.9 Å². The molecule has 0 aliphatic carbocycles. The number of nitrogens with one attached hydrogen (secondary N) is 1. The van der Waals surface area contributed by atoms with E-state index < -0.39 is 34.6 Å². The molecule has 2 N–H and O–H groups in total. The average Bonchev–Trinajstić information content (AvgIpc) is 3.15. The lowest BCUT2D eigenvalue weighted by Crippen LogP contribution is -2.28. The molecule has 2 rings (SSSR count). The maximum atomic E-state index is 12.8. The first-order chi connectivity index (χ1) is 15.0. The SMILES string of the molecule is O=C(O)CCCc1ccc(C(CCCCCC(F)(F)F)NS(=O)(=O)c2ccc(Cl)cc2)s1. The van der Waals surface area contributed by atoms with Gasteiger partial charge in [-0.05, 0) is 62.1 Å². The molecule has 0 amide bonds. The van der Waals surface area contributed by atoms with Crippen molar-refractivity contribution in [3.8, 4) is 0 Å². The standard InChI is InChI=1S/C21H25ClF3NO4S2/c22-15-8-11-17(12-9-15)32(29,30)26-18(6-2-1-3-14-21(23,24)25)19-13-10-16(31-19)5-4-7-20(27)28/h8-13,18,26H,1-7,14H2,(H,27,28). The summed E-state index contributed by atoms with van der Waals surface area (Å²) < 4.78 is 65.4. The number of halogens is 4. The van der Waals surface area contributed by atoms with Gasteiger partial charge in [0.1, 0.15) is 0 Å². The van der Waals surface area contributed by atoms with Gasteiger partial charge < -0.3 is 5.11 Å². The summed E-state index contributed by atoms with van der Waals surface area (Å²) in [7, 11) is -3.87. The van der Waals surface area contributed by atoms with Crippen LogP contribution in [0.2, 0.25) is 5.02 Å². The Kier molecular flexibility index (Phi) is 10.00. The molecular weight excluding hydrogens is 487 g/mol. The van der Waals surface area contributed by atoms with Crippen molar-refractivity contribution in [1.29, 1.82) is 0 Å². The molecule has 11 heteroatoms. The maximum Gasteiger partial charge on any atom is 0.389 e. The lowest BCUT2D eigenvalue weighted by molar-refractivity contribution is -0.137. The second-order valence-electron chi connectivity index (χ2n) is 7.39. The molecule has 0 saturated heterocycles. The molecule has 178 valence electrons. The summed E-state index contributed by atoms with van der Waals surface area (Å²) >= 11 is 7.21. The van der Waals surface area contributed by atoms with Crippen LogP contribution in [0.25, 0.3) is 0 Å². The number of carboxylic acids is 1. The summed E-state index contributed by atoms with van der Waals surface area (Å²) in [6.07, 6.45) is -2.91. The van der Waals surface area contributed by atoms with Crippen molar-refractivity contribution in [3.05, 3.63) is 51.2 Å². The van der Waals surface area contributed by atoms with Crippen molar-refractivity contribution in [2.45, 2.75) is 68.5 Å². The van der Waals surface area contributed by atoms with E-state index >= 15 is 0 Å². The van der Waals surface area contributed by atoms with E-state index in [1.807, 2.05) is 6.07 Å². The van der Waals surface area contributed by atoms with E-state index in [1.165, 1.54) is 35.6 Å². The summed E-state index contributed by atoms with van der Waals surface area (Å²) in [6.45, 7) is 0. The van der Waals surface area contributed by atoms with Gasteiger partial charge in [0.25, 0.3) is 0 Å². The van der Waals surface area contributed by atoms with Gasteiger partial charge in [-0.15, -0.1) is 11.3 Å². The van der Waals surface area contributed by atoms with Gasteiger partial charge in [0, 0.05) is 27.6 Å². The number of benzene rings is 1. The second-order valence-corrected chi connectivity index (χ2v) is 10.7. The Hall–Kier alpha value is -1.62. The molecule has 1 heterocycles. The third kappa shape index (κ3) is 9.48. The number of rotatable bonds is 13. The minimum absolute atomic E-state index is 0.00890. The highest BCUT2D eigenvalue weighted by molar-refractivity contribution is 7.89. The van der Waals surface area contributed by atoms with Crippen molar-refractivity contribution in [1.82, 2.24) is 4.72 Å². The first-order valence-corrected chi connectivity index (χ1v) is 12.8. The lowest BCUT2D eigenvalue weighted by atomic mass is 10.1. The fourth-order valence-electron chi connectivity index (χ4n) is 3.11. The molecule has 32 heavy (non-hydrogen) atoms. The van der Waals surface area contributed by atoms with Gasteiger partial charge in [-0.2, -0.15) is 13.2 Å². The number of carboxylic acid groups (broad SMARTS) is 1. The largest absolute Gasteiger partial charge is 0.481 e. The number of sulfonamides is 1. The maximum absolute atomic E-state index is 12.8. The van der Waals surface area contributed by atoms with Gasteiger partial charge in [-0.1, -0.05) is 24.4 Å². The van der Waals surface area contributed by atoms with Gasteiger partial charge in [0.2, 0.25) is 10.0 Å². The molecule has 5 nitrogen and oxygen atoms in total. The Morgan fingerprint density at radius 2 is 1.75 bits per heavy atom. The molecule has 0 saturated carbocycles. The second kappa shape index (κ2) is 12.0. The molecule has 1 aromatic heterocycles. The van der Waals surface area contributed by atoms with Crippen molar-refractivity contribution in [2.24, 2.45) is 0 Å². The number of hydrogen-bond acceptors (Lipinski definition) is 4. The topological polar surface area (TPSA) is 83.5 Å². The number of carbonyl (C=O) groups is 1. The Morgan fingerprint density at radius 1 is 1.06 bits per heavy atom. The average molecular weight is 512 g/mol. The summed E-state index contributed by atoms with van der Waals surface area (Å²) in [5, 5.41) is 9.17. The van der Waals surface area contributed by atoms with Gasteiger partial charge in [-0.25, -0.2) is 13.1 Å². The zero-order chi connectivity index (χ0) is 23.8. The van der Waals surface area contributed by atoms with Crippen molar-refractivity contribution in [3.63, 3.8) is 0 Å². The summed E-state index contributed by atoms with van der Waals surface area (Å²) in [4.78, 5) is 12.4. The number of hydrogen-bond donors (Lipinski definition) is 2. The first-order valence-electron chi connectivity index (χ1n) is 10.1. The Labute approximate surface area is 194 Å². The van der Waals surface area contributed by atoms with E-state index in [4.69, 9.17) is 16.7 Å². The minimum Gasteiger partial charge on any atom is -0.481 e. The zero-order valence-electron chi connectivity index (χ0n) is 17.2. The molecule has 1 aromatic carbocycles. The van der Waals surface area contributed by atoms with Crippen LogP contribution in [0.3, 0.4) is 0 Å². The molecule has 0 spiro atoms. The Morgan fingerprint density at radius 3 is 2.38 bits per heavy atom. The summed E-state index contributed by atoms with van der Waals surface area (Å²) in [5.41, 5.74) is 0. The Balaban J connectivity index is 2.09. The molecule has 1 unspecified atom stereocenters. The van der Waals surface area contributed by atoms with E-state index in [-0.39, 0.29) is 17.7 Å². The third-order valence-corrected chi connectivity index (χ3v) is 7.71. The monoisotopic (exact) mass is 511 g/mol. The number of thiophene rings is 1. The van der Waals surface area contributed by atoms with E-state index in [0.717, 1.165) is 9.75 Å². The van der Waals surface area contributed by atoms with Crippen LogP contribution in [0.5, 0.6) is 0 Å². The lowest BCUT2D eigenvalue weighted by Gasteiger charge is -2.18. The molecule has 0 aliphatic rings. The molecule has 0 bridgehead atoms. The number of aryl methyl sites for hydroxylation is 1. The molecule has 0 radical (unpaired) electrons. The quantitative estimate of drug-likeness (QED) is 0.307. The van der Waals surface area contributed by atoms with Crippen LogP contribution in [0.4, 0.5) is 13.2 Å². The highest BCUT2D eigenvalue weighted by atomic mass is 35.5. The predicted octanol–water partition coefficient (Wildman–Crippen LogP) is 6.34. The van der Waals surface area contributed by atoms with Crippen molar-refractivity contribution < 1.29 is 31.5 Å². The van der Waals surface area contributed by atoms with Crippen LogP contribution in [-0.2, 0) is 21.2 Å². The third-order valence-electron chi connectivity index (χ3n) is 4.71. The zero-order valence-corrected chi connectivity index (χ0v) is 19.6. The van der Waals surface area contributed by atoms with Crippen molar-refractivity contribution >= 4 is 38.9 Å². The molecule has 0 fully saturated rings. The molecule has 0 aliphatic heterocycles. The summed E-state index contributed by atoms with van der Waals surface area (Å²) in [5.74, 6) is -0.880. The van der Waals surface area contributed by atoms with E-state index in [9.17, 15) is 26.4 Å². The smallest absolute Gasteiger partial charge is 0.389 e. The van der Waals surface area contributed by atoms with Gasteiger partial charge in [0.15, 0.2) is 0 Å². The highest BCUT2D eigenvalue weighted by Crippen LogP contribution is 2.31. The van der Waals surface area contributed by atoms with Crippen LogP contribution in [0, 0.1) is 0 Å². The molecule has 1 atom stereocenters. The van der Waals surface area contributed by atoms with Gasteiger partial charge >= 0.3 is 12.1 Å². The fraction of sp³-hybridized carbons (Fsp3) is 0.476. The number of alkyl halides is 3. The van der Waals surface area contributed by atoms with Crippen LogP contribution < -0.4 is 4.72 Å². The number of unbranched alkanes of at least 4 members (excludes halogenated alkanes) is 2. The van der Waals surface area contributed by atoms with Crippen LogP contribution in [0.1, 0.15) is 60.7 Å². The highest BCUT2D eigenvalue weighted by Gasteiger charge is 2.26. The summed E-state index contributed by atoms with van der Waals surface area (Å²) in [6, 6.07) is 8.72. The predicted molar refractivity (Wildman–Crippen MR) is 119 cm³/mol.